The van der Waals surface area contributed by atoms with Crippen molar-refractivity contribution >= 4 is 5.69 Å². The molecule has 1 aromatic heterocycles. The number of pyridine rings is 1. The van der Waals surface area contributed by atoms with Gasteiger partial charge < -0.3 is 10.1 Å². The third kappa shape index (κ3) is 1.83. The maximum absolute atomic E-state index is 5.07. The molecule has 0 aliphatic heterocycles. The predicted octanol–water partition coefficient (Wildman–Crippen LogP) is 1.52. The molecule has 1 heterocycles. The SMILES string of the molecule is CCNc1ccncc1OC. The summed E-state index contributed by atoms with van der Waals surface area (Å²) in [6, 6.07) is 1.89. The van der Waals surface area contributed by atoms with Crippen molar-refractivity contribution in [2.24, 2.45) is 0 Å². The van der Waals surface area contributed by atoms with Crippen molar-refractivity contribution in [3.8, 4) is 5.75 Å². The molecular formula is C8H12N2O. The summed E-state index contributed by atoms with van der Waals surface area (Å²) in [5, 5.41) is 3.16. The maximum atomic E-state index is 5.07. The van der Waals surface area contributed by atoms with Crippen LogP contribution in [-0.4, -0.2) is 18.6 Å². The second-order valence-electron chi connectivity index (χ2n) is 2.11. The Bertz CT molecular complexity index is 225. The predicted molar refractivity (Wildman–Crippen MR) is 45.0 cm³/mol. The lowest BCUT2D eigenvalue weighted by molar-refractivity contribution is 0.414. The van der Waals surface area contributed by atoms with Crippen LogP contribution >= 0.6 is 0 Å². The minimum atomic E-state index is 0.786. The molecule has 0 aromatic carbocycles. The van der Waals surface area contributed by atoms with Crippen molar-refractivity contribution in [2.45, 2.75) is 6.92 Å². The summed E-state index contributed by atoms with van der Waals surface area (Å²) < 4.78 is 5.07. The quantitative estimate of drug-likeness (QED) is 0.713. The Hall–Kier alpha value is -1.25. The highest BCUT2D eigenvalue weighted by Gasteiger charge is 1.97. The van der Waals surface area contributed by atoms with Gasteiger partial charge in [0.05, 0.1) is 19.0 Å². The number of rotatable bonds is 3. The summed E-state index contributed by atoms with van der Waals surface area (Å²) in [7, 11) is 1.64. The first-order valence-corrected chi connectivity index (χ1v) is 3.60. The van der Waals surface area contributed by atoms with Crippen LogP contribution in [0, 0.1) is 0 Å². The smallest absolute Gasteiger partial charge is 0.160 e. The van der Waals surface area contributed by atoms with Crippen LogP contribution in [-0.2, 0) is 0 Å². The van der Waals surface area contributed by atoms with Crippen LogP contribution in [0.15, 0.2) is 18.5 Å². The van der Waals surface area contributed by atoms with Crippen molar-refractivity contribution in [1.29, 1.82) is 0 Å². The molecule has 0 aliphatic carbocycles. The lowest BCUT2D eigenvalue weighted by Gasteiger charge is -2.07. The second kappa shape index (κ2) is 3.81. The van der Waals surface area contributed by atoms with Gasteiger partial charge in [0.25, 0.3) is 0 Å². The van der Waals surface area contributed by atoms with Crippen LogP contribution in [0.25, 0.3) is 0 Å². The normalized spacial score (nSPS) is 9.27. The Kier molecular flexibility index (Phi) is 2.72. The summed E-state index contributed by atoms with van der Waals surface area (Å²) in [5.41, 5.74) is 0.991. The minimum Gasteiger partial charge on any atom is -0.493 e. The average molecular weight is 152 g/mol. The molecule has 0 bridgehead atoms. The molecule has 3 heteroatoms. The highest BCUT2D eigenvalue weighted by Crippen LogP contribution is 2.20. The van der Waals surface area contributed by atoms with Gasteiger partial charge in [-0.05, 0) is 13.0 Å². The molecule has 11 heavy (non-hydrogen) atoms. The van der Waals surface area contributed by atoms with Crippen LogP contribution in [0.3, 0.4) is 0 Å². The number of aromatic nitrogens is 1. The number of hydrogen-bond donors (Lipinski definition) is 1. The first-order valence-electron chi connectivity index (χ1n) is 3.60. The molecule has 1 rings (SSSR count). The van der Waals surface area contributed by atoms with Crippen LogP contribution in [0.4, 0.5) is 5.69 Å². The fraction of sp³-hybridized carbons (Fsp3) is 0.375. The summed E-state index contributed by atoms with van der Waals surface area (Å²) in [6.45, 7) is 2.93. The third-order valence-electron chi connectivity index (χ3n) is 1.37. The number of nitrogens with one attached hydrogen (secondary N) is 1. The van der Waals surface area contributed by atoms with Crippen LogP contribution in [0.2, 0.25) is 0 Å². The van der Waals surface area contributed by atoms with E-state index in [4.69, 9.17) is 4.74 Å². The van der Waals surface area contributed by atoms with Gasteiger partial charge in [-0.2, -0.15) is 0 Å². The van der Waals surface area contributed by atoms with Crippen LogP contribution in [0.1, 0.15) is 6.92 Å². The number of methoxy groups -OCH3 is 1. The van der Waals surface area contributed by atoms with E-state index in [2.05, 4.69) is 10.3 Å². The number of nitrogens with zero attached hydrogens (tertiary/aromatic N) is 1. The Morgan fingerprint density at radius 1 is 1.64 bits per heavy atom. The zero-order valence-corrected chi connectivity index (χ0v) is 6.79. The van der Waals surface area contributed by atoms with Gasteiger partial charge >= 0.3 is 0 Å². The molecule has 0 amide bonds. The zero-order chi connectivity index (χ0) is 8.10. The monoisotopic (exact) mass is 152 g/mol. The molecular weight excluding hydrogens is 140 g/mol. The highest BCUT2D eigenvalue weighted by atomic mass is 16.5. The topological polar surface area (TPSA) is 34.2 Å². The molecule has 1 aromatic rings. The summed E-state index contributed by atoms with van der Waals surface area (Å²) in [5.74, 6) is 0.786. The van der Waals surface area contributed by atoms with E-state index < -0.39 is 0 Å². The molecule has 0 fully saturated rings. The first kappa shape index (κ1) is 7.85. The molecule has 0 saturated carbocycles. The van der Waals surface area contributed by atoms with Gasteiger partial charge in [-0.15, -0.1) is 0 Å². The van der Waals surface area contributed by atoms with Crippen LogP contribution in [0.5, 0.6) is 5.75 Å². The van der Waals surface area contributed by atoms with Crippen molar-refractivity contribution in [3.05, 3.63) is 18.5 Å². The number of anilines is 1. The van der Waals surface area contributed by atoms with E-state index >= 15 is 0 Å². The van der Waals surface area contributed by atoms with Crippen molar-refractivity contribution in [1.82, 2.24) is 4.98 Å². The molecule has 0 saturated heterocycles. The molecule has 0 aliphatic rings. The van der Waals surface area contributed by atoms with Crippen molar-refractivity contribution in [2.75, 3.05) is 19.0 Å². The van der Waals surface area contributed by atoms with Gasteiger partial charge in [0.15, 0.2) is 5.75 Å². The molecule has 1 N–H and O–H groups in total. The van der Waals surface area contributed by atoms with E-state index in [9.17, 15) is 0 Å². The molecule has 0 radical (unpaired) electrons. The van der Waals surface area contributed by atoms with E-state index in [1.54, 1.807) is 19.5 Å². The van der Waals surface area contributed by atoms with Crippen molar-refractivity contribution < 1.29 is 4.74 Å². The van der Waals surface area contributed by atoms with E-state index in [-0.39, 0.29) is 0 Å². The lowest BCUT2D eigenvalue weighted by Crippen LogP contribution is -1.99. The van der Waals surface area contributed by atoms with Gasteiger partial charge in [0.2, 0.25) is 0 Å². The second-order valence-corrected chi connectivity index (χ2v) is 2.11. The third-order valence-corrected chi connectivity index (χ3v) is 1.37. The van der Waals surface area contributed by atoms with Gasteiger partial charge in [-0.3, -0.25) is 4.98 Å². The van der Waals surface area contributed by atoms with E-state index in [0.717, 1.165) is 18.0 Å². The Labute approximate surface area is 66.4 Å². The molecule has 0 unspecified atom stereocenters. The molecule has 60 valence electrons. The van der Waals surface area contributed by atoms with Gasteiger partial charge in [0.1, 0.15) is 0 Å². The lowest BCUT2D eigenvalue weighted by atomic mass is 10.4. The largest absolute Gasteiger partial charge is 0.493 e. The summed E-state index contributed by atoms with van der Waals surface area (Å²) in [6.07, 6.45) is 3.43. The van der Waals surface area contributed by atoms with Crippen LogP contribution < -0.4 is 10.1 Å². The standard InChI is InChI=1S/C8H12N2O/c1-3-10-7-4-5-9-6-8(7)11-2/h4-6H,3H2,1-2H3,(H,9,10). The minimum absolute atomic E-state index is 0.786. The average Bonchev–Trinajstić information content (AvgIpc) is 2.06. The zero-order valence-electron chi connectivity index (χ0n) is 6.79. The van der Waals surface area contributed by atoms with E-state index in [1.165, 1.54) is 0 Å². The highest BCUT2D eigenvalue weighted by molar-refractivity contribution is 5.54. The van der Waals surface area contributed by atoms with Gasteiger partial charge in [-0.1, -0.05) is 0 Å². The fourth-order valence-electron chi connectivity index (χ4n) is 0.879. The maximum Gasteiger partial charge on any atom is 0.160 e. The summed E-state index contributed by atoms with van der Waals surface area (Å²) >= 11 is 0. The number of ether oxygens (including phenoxy) is 1. The van der Waals surface area contributed by atoms with Gasteiger partial charge in [-0.25, -0.2) is 0 Å². The molecule has 3 nitrogen and oxygen atoms in total. The van der Waals surface area contributed by atoms with E-state index in [1.807, 2.05) is 13.0 Å². The van der Waals surface area contributed by atoms with Gasteiger partial charge in [0, 0.05) is 12.7 Å². The Balaban J connectivity index is 2.83. The first-order chi connectivity index (χ1) is 5.38. The Morgan fingerprint density at radius 3 is 3.09 bits per heavy atom. The molecule has 0 atom stereocenters. The summed E-state index contributed by atoms with van der Waals surface area (Å²) in [4.78, 5) is 3.93. The Morgan fingerprint density at radius 2 is 2.45 bits per heavy atom. The van der Waals surface area contributed by atoms with E-state index in [0.29, 0.717) is 0 Å². The number of hydrogen-bond acceptors (Lipinski definition) is 3. The van der Waals surface area contributed by atoms with Crippen molar-refractivity contribution in [3.63, 3.8) is 0 Å². The fourth-order valence-corrected chi connectivity index (χ4v) is 0.879. The molecule has 0 spiro atoms.